The first-order valence-electron chi connectivity index (χ1n) is 3.15. The van der Waals surface area contributed by atoms with Crippen LogP contribution in [0.1, 0.15) is 5.69 Å². The van der Waals surface area contributed by atoms with Crippen LogP contribution >= 0.6 is 0 Å². The van der Waals surface area contributed by atoms with Crippen LogP contribution < -0.4 is 5.73 Å². The summed E-state index contributed by atoms with van der Waals surface area (Å²) in [6, 6.07) is 0. The number of amides is 1. The van der Waals surface area contributed by atoms with Crippen molar-refractivity contribution in [1.82, 2.24) is 9.97 Å². The summed E-state index contributed by atoms with van der Waals surface area (Å²) in [6.07, 6.45) is 2.07. The van der Waals surface area contributed by atoms with Crippen LogP contribution in [0, 0.1) is 0 Å². The molecule has 1 aromatic heterocycles. The first-order valence-corrected chi connectivity index (χ1v) is 3.15. The molecule has 0 aromatic carbocycles. The molecule has 5 nitrogen and oxygen atoms in total. The molecule has 1 heterocycles. The number of hydrogen-bond acceptors (Lipinski definition) is 3. The van der Waals surface area contributed by atoms with Crippen molar-refractivity contribution in [3.8, 4) is 0 Å². The summed E-state index contributed by atoms with van der Waals surface area (Å²) in [6.45, 7) is 0. The van der Waals surface area contributed by atoms with Crippen LogP contribution in [0.15, 0.2) is 12.5 Å². The summed E-state index contributed by atoms with van der Waals surface area (Å²) in [7, 11) is 0. The first kappa shape index (κ1) is 7.74. The molecule has 0 fully saturated rings. The number of nitrogens with zero attached hydrogens (tertiary/aromatic N) is 1. The Labute approximate surface area is 63.3 Å². The fraction of sp³-hybridized carbons (Fsp3) is 0.333. The van der Waals surface area contributed by atoms with E-state index in [9.17, 15) is 4.79 Å². The largest absolute Gasteiger partial charge is 0.383 e. The van der Waals surface area contributed by atoms with Crippen LogP contribution in [0.4, 0.5) is 0 Å². The molecule has 0 aliphatic rings. The van der Waals surface area contributed by atoms with E-state index in [1.807, 2.05) is 0 Å². The normalized spacial score (nSPS) is 12.8. The Morgan fingerprint density at radius 2 is 2.64 bits per heavy atom. The van der Waals surface area contributed by atoms with Gasteiger partial charge in [-0.15, -0.1) is 0 Å². The van der Waals surface area contributed by atoms with Gasteiger partial charge in [-0.3, -0.25) is 4.79 Å². The predicted octanol–water partition coefficient (Wildman–Crippen LogP) is -1.20. The highest BCUT2D eigenvalue weighted by molar-refractivity contribution is 5.78. The number of nitrogens with two attached hydrogens (primary N) is 1. The van der Waals surface area contributed by atoms with E-state index < -0.39 is 12.0 Å². The quantitative estimate of drug-likeness (QED) is 0.511. The van der Waals surface area contributed by atoms with Gasteiger partial charge in [0.15, 0.2) is 0 Å². The van der Waals surface area contributed by atoms with Gasteiger partial charge in [0.2, 0.25) is 5.91 Å². The van der Waals surface area contributed by atoms with Crippen molar-refractivity contribution in [2.45, 2.75) is 12.5 Å². The van der Waals surface area contributed by atoms with Crippen molar-refractivity contribution in [2.24, 2.45) is 5.73 Å². The van der Waals surface area contributed by atoms with Gasteiger partial charge in [-0.1, -0.05) is 0 Å². The fourth-order valence-electron chi connectivity index (χ4n) is 0.705. The minimum Gasteiger partial charge on any atom is -0.383 e. The maximum absolute atomic E-state index is 10.4. The summed E-state index contributed by atoms with van der Waals surface area (Å²) in [5, 5.41) is 8.98. The smallest absolute Gasteiger partial charge is 0.246 e. The van der Waals surface area contributed by atoms with E-state index >= 15 is 0 Å². The van der Waals surface area contributed by atoms with Crippen LogP contribution in [-0.2, 0) is 11.2 Å². The second kappa shape index (κ2) is 3.16. The highest BCUT2D eigenvalue weighted by atomic mass is 16.3. The Morgan fingerprint density at radius 1 is 1.91 bits per heavy atom. The molecule has 1 aromatic rings. The van der Waals surface area contributed by atoms with Gasteiger partial charge >= 0.3 is 0 Å². The fourth-order valence-corrected chi connectivity index (χ4v) is 0.705. The van der Waals surface area contributed by atoms with E-state index in [1.165, 1.54) is 12.5 Å². The number of carbonyl (C=O) groups excluding carboxylic acids is 1. The topological polar surface area (TPSA) is 92.0 Å². The van der Waals surface area contributed by atoms with Crippen molar-refractivity contribution in [1.29, 1.82) is 0 Å². The molecule has 0 bridgehead atoms. The Balaban J connectivity index is 2.50. The predicted molar refractivity (Wildman–Crippen MR) is 37.5 cm³/mol. The van der Waals surface area contributed by atoms with Gasteiger partial charge in [0.05, 0.1) is 6.33 Å². The number of nitrogens with one attached hydrogen (secondary N) is 1. The molecule has 1 atom stereocenters. The summed E-state index contributed by atoms with van der Waals surface area (Å²) in [5.74, 6) is -0.723. The number of hydrogen-bond donors (Lipinski definition) is 3. The lowest BCUT2D eigenvalue weighted by molar-refractivity contribution is -0.125. The number of H-pyrrole nitrogens is 1. The highest BCUT2D eigenvalue weighted by Crippen LogP contribution is 1.96. The van der Waals surface area contributed by atoms with E-state index in [2.05, 4.69) is 9.97 Å². The molecule has 5 heteroatoms. The zero-order valence-electron chi connectivity index (χ0n) is 5.82. The standard InChI is InChI=1S/C6H9N3O2/c7-6(11)5(10)1-4-2-8-3-9-4/h2-3,5,10H,1H2,(H2,7,11)(H,8,9). The zero-order chi connectivity index (χ0) is 8.27. The molecule has 1 unspecified atom stereocenters. The van der Waals surface area contributed by atoms with Crippen LogP contribution in [0.5, 0.6) is 0 Å². The Hall–Kier alpha value is -1.36. The van der Waals surface area contributed by atoms with Gasteiger partial charge in [-0.05, 0) is 0 Å². The van der Waals surface area contributed by atoms with E-state index in [1.54, 1.807) is 0 Å². The lowest BCUT2D eigenvalue weighted by Gasteiger charge is -2.02. The maximum Gasteiger partial charge on any atom is 0.246 e. The number of aliphatic hydroxyl groups is 1. The van der Waals surface area contributed by atoms with E-state index in [-0.39, 0.29) is 6.42 Å². The molecule has 11 heavy (non-hydrogen) atoms. The van der Waals surface area contributed by atoms with E-state index in [0.29, 0.717) is 5.69 Å². The van der Waals surface area contributed by atoms with Gasteiger partial charge < -0.3 is 15.8 Å². The molecular weight excluding hydrogens is 146 g/mol. The molecule has 0 saturated heterocycles. The Bertz CT molecular complexity index is 232. The summed E-state index contributed by atoms with van der Waals surface area (Å²) in [5.41, 5.74) is 5.52. The van der Waals surface area contributed by atoms with Gasteiger partial charge in [0, 0.05) is 18.3 Å². The van der Waals surface area contributed by atoms with Crippen molar-refractivity contribution in [2.75, 3.05) is 0 Å². The molecule has 0 radical (unpaired) electrons. The summed E-state index contributed by atoms with van der Waals surface area (Å²) < 4.78 is 0. The number of aromatic nitrogens is 2. The van der Waals surface area contributed by atoms with Crippen LogP contribution in [0.25, 0.3) is 0 Å². The van der Waals surface area contributed by atoms with Crippen LogP contribution in [-0.4, -0.2) is 27.1 Å². The highest BCUT2D eigenvalue weighted by Gasteiger charge is 2.11. The molecular formula is C6H9N3O2. The van der Waals surface area contributed by atoms with E-state index in [0.717, 1.165) is 0 Å². The SMILES string of the molecule is NC(=O)C(O)Cc1cnc[nH]1. The number of primary amides is 1. The number of rotatable bonds is 3. The number of aliphatic hydroxyl groups excluding tert-OH is 1. The minimum atomic E-state index is -1.13. The van der Waals surface area contributed by atoms with Crippen LogP contribution in [0.3, 0.4) is 0 Å². The van der Waals surface area contributed by atoms with Gasteiger partial charge in [0.1, 0.15) is 6.10 Å². The van der Waals surface area contributed by atoms with Crippen LogP contribution in [0.2, 0.25) is 0 Å². The van der Waals surface area contributed by atoms with Crippen molar-refractivity contribution in [3.63, 3.8) is 0 Å². The summed E-state index contributed by atoms with van der Waals surface area (Å²) in [4.78, 5) is 16.8. The molecule has 4 N–H and O–H groups in total. The maximum atomic E-state index is 10.4. The average Bonchev–Trinajstić information content (AvgIpc) is 2.39. The van der Waals surface area contributed by atoms with Crippen molar-refractivity contribution < 1.29 is 9.90 Å². The molecule has 1 rings (SSSR count). The van der Waals surface area contributed by atoms with Gasteiger partial charge in [0.25, 0.3) is 0 Å². The number of imidazole rings is 1. The third-order valence-electron chi connectivity index (χ3n) is 1.30. The third-order valence-corrected chi connectivity index (χ3v) is 1.30. The molecule has 0 saturated carbocycles. The molecule has 1 amide bonds. The Kier molecular flexibility index (Phi) is 2.22. The van der Waals surface area contributed by atoms with Crippen molar-refractivity contribution in [3.05, 3.63) is 18.2 Å². The van der Waals surface area contributed by atoms with Gasteiger partial charge in [-0.25, -0.2) is 4.98 Å². The summed E-state index contributed by atoms with van der Waals surface area (Å²) >= 11 is 0. The average molecular weight is 155 g/mol. The second-order valence-electron chi connectivity index (χ2n) is 2.20. The van der Waals surface area contributed by atoms with Gasteiger partial charge in [-0.2, -0.15) is 0 Å². The molecule has 0 spiro atoms. The molecule has 0 aliphatic carbocycles. The second-order valence-corrected chi connectivity index (χ2v) is 2.20. The minimum absolute atomic E-state index is 0.190. The number of aromatic amines is 1. The molecule has 60 valence electrons. The monoisotopic (exact) mass is 155 g/mol. The first-order chi connectivity index (χ1) is 5.20. The Morgan fingerprint density at radius 3 is 3.09 bits per heavy atom. The van der Waals surface area contributed by atoms with Crippen molar-refractivity contribution >= 4 is 5.91 Å². The lowest BCUT2D eigenvalue weighted by Crippen LogP contribution is -2.30. The zero-order valence-corrected chi connectivity index (χ0v) is 5.82. The molecule has 0 aliphatic heterocycles. The third kappa shape index (κ3) is 2.05. The lowest BCUT2D eigenvalue weighted by atomic mass is 10.2. The van der Waals surface area contributed by atoms with E-state index in [4.69, 9.17) is 10.8 Å². The number of carbonyl (C=O) groups is 1.